The number of nitrogens with two attached hydrogens (primary N) is 1. The van der Waals surface area contributed by atoms with Gasteiger partial charge >= 0.3 is 11.9 Å². The second-order valence-electron chi connectivity index (χ2n) is 3.82. The van der Waals surface area contributed by atoms with E-state index in [2.05, 4.69) is 10.5 Å². The molecule has 21 heavy (non-hydrogen) atoms. The predicted octanol–water partition coefficient (Wildman–Crippen LogP) is -4.67. The molecule has 1 unspecified atom stereocenters. The Morgan fingerprint density at radius 2 is 1.48 bits per heavy atom. The largest absolute Gasteiger partial charge is 0.480 e. The van der Waals surface area contributed by atoms with Crippen LogP contribution in [0.25, 0.3) is 0 Å². The summed E-state index contributed by atoms with van der Waals surface area (Å²) in [6.45, 7) is -0.143. The summed E-state index contributed by atoms with van der Waals surface area (Å²) in [4.78, 5) is 19.7. The average Bonchev–Trinajstić information content (AvgIpc) is 2.43. The first kappa shape index (κ1) is 21.9. The predicted molar refractivity (Wildman–Crippen MR) is 65.6 cm³/mol. The molecular formula is C10H21NO10. The maximum absolute atomic E-state index is 10.4. The number of esters is 1. The van der Waals surface area contributed by atoms with E-state index < -0.39 is 49.3 Å². The molecule has 0 aromatic rings. The number of aliphatic hydroxyl groups excluding tert-OH is 6. The Hall–Kier alpha value is -1.34. The van der Waals surface area contributed by atoms with Gasteiger partial charge in [0.25, 0.3) is 0 Å². The highest BCUT2D eigenvalue weighted by atomic mass is 16.6. The van der Waals surface area contributed by atoms with Crippen molar-refractivity contribution < 1.29 is 50.1 Å². The third-order valence-corrected chi connectivity index (χ3v) is 2.03. The van der Waals surface area contributed by atoms with Crippen molar-refractivity contribution in [2.24, 2.45) is 5.73 Å². The van der Waals surface area contributed by atoms with Crippen LogP contribution in [0.5, 0.6) is 0 Å². The fourth-order valence-electron chi connectivity index (χ4n) is 0.946. The highest BCUT2D eigenvalue weighted by Crippen LogP contribution is 2.09. The molecule has 0 aromatic carbocycles. The van der Waals surface area contributed by atoms with Crippen LogP contribution in [-0.4, -0.2) is 91.5 Å². The Balaban J connectivity index is 0. The summed E-state index contributed by atoms with van der Waals surface area (Å²) in [5, 5.41) is 61.7. The van der Waals surface area contributed by atoms with Crippen molar-refractivity contribution in [2.45, 2.75) is 37.6 Å². The Morgan fingerprint density at radius 3 is 1.76 bits per heavy atom. The second kappa shape index (κ2) is 11.3. The van der Waals surface area contributed by atoms with Crippen molar-refractivity contribution in [3.63, 3.8) is 0 Å². The number of carboxylic acid groups (broad SMARTS) is 1. The lowest BCUT2D eigenvalue weighted by atomic mass is 10.0. The zero-order valence-electron chi connectivity index (χ0n) is 11.2. The van der Waals surface area contributed by atoms with E-state index in [9.17, 15) is 19.8 Å². The van der Waals surface area contributed by atoms with E-state index in [-0.39, 0.29) is 6.54 Å². The van der Waals surface area contributed by atoms with Crippen LogP contribution in [0.1, 0.15) is 6.92 Å². The number of ether oxygens (including phenoxy) is 1. The summed E-state index contributed by atoms with van der Waals surface area (Å²) in [5.74, 6) is -1.86. The van der Waals surface area contributed by atoms with Crippen molar-refractivity contribution in [1.29, 1.82) is 0 Å². The van der Waals surface area contributed by atoms with Gasteiger partial charge in [-0.15, -0.1) is 0 Å². The highest BCUT2D eigenvalue weighted by molar-refractivity contribution is 5.68. The lowest BCUT2D eigenvalue weighted by molar-refractivity contribution is -0.212. The van der Waals surface area contributed by atoms with Gasteiger partial charge in [0.15, 0.2) is 0 Å². The number of aliphatic carboxylic acids is 1. The minimum atomic E-state index is -2.03. The van der Waals surface area contributed by atoms with Gasteiger partial charge < -0.3 is 46.2 Å². The van der Waals surface area contributed by atoms with Crippen LogP contribution in [0.4, 0.5) is 0 Å². The monoisotopic (exact) mass is 315 g/mol. The maximum Gasteiger partial charge on any atom is 0.317 e. The van der Waals surface area contributed by atoms with Gasteiger partial charge in [0.1, 0.15) is 24.4 Å². The van der Waals surface area contributed by atoms with E-state index in [0.717, 1.165) is 6.92 Å². The summed E-state index contributed by atoms with van der Waals surface area (Å²) in [7, 11) is 0. The Labute approximate surface area is 119 Å². The van der Waals surface area contributed by atoms with Crippen molar-refractivity contribution in [3.8, 4) is 0 Å². The molecule has 5 atom stereocenters. The standard InChI is InChI=1S/C8H16O8.C2H5NO2/c1-3(10)16-8(15)7(14)6(13)5(12)4(11)2-9;3-1-2(4)5/h4-9,11-15H,2H2,1H3;1,3H2,(H,4,5)/t4-,5-,6+,7+,8?;/m1./s1. The molecule has 0 rings (SSSR count). The highest BCUT2D eigenvalue weighted by Gasteiger charge is 2.35. The summed E-state index contributed by atoms with van der Waals surface area (Å²) in [6, 6.07) is 0. The van der Waals surface area contributed by atoms with Gasteiger partial charge in [-0.1, -0.05) is 0 Å². The van der Waals surface area contributed by atoms with Crippen LogP contribution in [-0.2, 0) is 14.3 Å². The molecule has 0 saturated heterocycles. The summed E-state index contributed by atoms with van der Waals surface area (Å²) >= 11 is 0. The topological polar surface area (TPSA) is 211 Å². The molecule has 0 aliphatic heterocycles. The molecule has 0 aliphatic carbocycles. The van der Waals surface area contributed by atoms with Gasteiger partial charge in [-0.2, -0.15) is 0 Å². The van der Waals surface area contributed by atoms with E-state index >= 15 is 0 Å². The maximum atomic E-state index is 10.4. The van der Waals surface area contributed by atoms with Crippen LogP contribution in [0, 0.1) is 0 Å². The quantitative estimate of drug-likeness (QED) is 0.165. The number of carbonyl (C=O) groups is 2. The molecule has 9 N–H and O–H groups in total. The van der Waals surface area contributed by atoms with E-state index in [1.54, 1.807) is 0 Å². The average molecular weight is 315 g/mol. The molecular weight excluding hydrogens is 294 g/mol. The number of hydrogen-bond acceptors (Lipinski definition) is 10. The SMILES string of the molecule is CC(=O)OC(O)[C@@H](O)[C@@H](O)[C@H](O)[C@H](O)CO.NCC(=O)O. The molecule has 0 fully saturated rings. The number of carbonyl (C=O) groups excluding carboxylic acids is 1. The fraction of sp³-hybridized carbons (Fsp3) is 0.800. The third-order valence-electron chi connectivity index (χ3n) is 2.03. The van der Waals surface area contributed by atoms with Crippen molar-refractivity contribution in [3.05, 3.63) is 0 Å². The zero-order chi connectivity index (χ0) is 17.2. The van der Waals surface area contributed by atoms with Crippen molar-refractivity contribution in [1.82, 2.24) is 0 Å². The first-order chi connectivity index (χ1) is 9.58. The van der Waals surface area contributed by atoms with E-state index in [0.29, 0.717) is 0 Å². The molecule has 0 bridgehead atoms. The van der Waals surface area contributed by atoms with Gasteiger partial charge in [0, 0.05) is 6.92 Å². The molecule has 0 heterocycles. The van der Waals surface area contributed by atoms with Gasteiger partial charge in [-0.25, -0.2) is 0 Å². The third kappa shape index (κ3) is 10.1. The second-order valence-corrected chi connectivity index (χ2v) is 3.82. The fourth-order valence-corrected chi connectivity index (χ4v) is 0.946. The van der Waals surface area contributed by atoms with E-state index in [1.807, 2.05) is 0 Å². The molecule has 0 radical (unpaired) electrons. The minimum Gasteiger partial charge on any atom is -0.480 e. The lowest BCUT2D eigenvalue weighted by Crippen LogP contribution is -2.50. The van der Waals surface area contributed by atoms with E-state index in [4.69, 9.17) is 25.5 Å². The molecule has 11 nitrogen and oxygen atoms in total. The van der Waals surface area contributed by atoms with E-state index in [1.165, 1.54) is 0 Å². The van der Waals surface area contributed by atoms with Gasteiger partial charge in [0.05, 0.1) is 13.2 Å². The Bertz CT molecular complexity index is 312. The summed E-state index contributed by atoms with van der Waals surface area (Å²) < 4.78 is 4.15. The van der Waals surface area contributed by atoms with Gasteiger partial charge in [-0.05, 0) is 0 Å². The van der Waals surface area contributed by atoms with Gasteiger partial charge in [-0.3, -0.25) is 9.59 Å². The molecule has 0 aliphatic rings. The van der Waals surface area contributed by atoms with Crippen LogP contribution in [0.2, 0.25) is 0 Å². The summed E-state index contributed by atoms with van der Waals surface area (Å²) in [6.07, 6.45) is -9.58. The van der Waals surface area contributed by atoms with Crippen LogP contribution in [0.15, 0.2) is 0 Å². The molecule has 0 saturated carbocycles. The van der Waals surface area contributed by atoms with Crippen LogP contribution < -0.4 is 5.73 Å². The summed E-state index contributed by atoms with van der Waals surface area (Å²) in [5.41, 5.74) is 4.57. The smallest absolute Gasteiger partial charge is 0.317 e. The van der Waals surface area contributed by atoms with Crippen LogP contribution in [0.3, 0.4) is 0 Å². The normalized spacial score (nSPS) is 17.5. The minimum absolute atomic E-state index is 0.278. The number of rotatable bonds is 7. The van der Waals surface area contributed by atoms with Gasteiger partial charge in [0.2, 0.25) is 6.29 Å². The molecule has 0 spiro atoms. The molecule has 0 aromatic heterocycles. The molecule has 11 heteroatoms. The first-order valence-corrected chi connectivity index (χ1v) is 5.68. The Kier molecular flexibility index (Phi) is 11.8. The zero-order valence-corrected chi connectivity index (χ0v) is 11.2. The number of aliphatic hydroxyl groups is 6. The number of carboxylic acids is 1. The number of hydrogen-bond donors (Lipinski definition) is 8. The molecule has 126 valence electrons. The van der Waals surface area contributed by atoms with Crippen molar-refractivity contribution >= 4 is 11.9 Å². The van der Waals surface area contributed by atoms with Crippen molar-refractivity contribution in [2.75, 3.05) is 13.2 Å². The lowest BCUT2D eigenvalue weighted by Gasteiger charge is -2.27. The van der Waals surface area contributed by atoms with Crippen LogP contribution >= 0.6 is 0 Å². The molecule has 0 amide bonds. The first-order valence-electron chi connectivity index (χ1n) is 5.68. The Morgan fingerprint density at radius 1 is 1.05 bits per heavy atom.